The summed E-state index contributed by atoms with van der Waals surface area (Å²) in [7, 11) is 0. The van der Waals surface area contributed by atoms with Gasteiger partial charge in [0.05, 0.1) is 12.1 Å². The molecule has 0 spiro atoms. The van der Waals surface area contributed by atoms with Crippen molar-refractivity contribution in [2.45, 2.75) is 6.92 Å². The number of aromatic amines is 2. The average Bonchev–Trinajstić information content (AvgIpc) is 3.34. The lowest BCUT2D eigenvalue weighted by Crippen LogP contribution is -2.25. The molecular formula is C19H18N6O2. The van der Waals surface area contributed by atoms with Crippen molar-refractivity contribution < 1.29 is 9.53 Å². The molecule has 0 aliphatic rings. The molecule has 136 valence electrons. The molecule has 0 atom stereocenters. The van der Waals surface area contributed by atoms with Gasteiger partial charge in [-0.15, -0.1) is 0 Å². The zero-order valence-corrected chi connectivity index (χ0v) is 14.7. The van der Waals surface area contributed by atoms with Gasteiger partial charge in [0, 0.05) is 23.4 Å². The Labute approximate surface area is 155 Å². The second-order valence-corrected chi connectivity index (χ2v) is 6.03. The molecular weight excluding hydrogens is 344 g/mol. The third-order valence-corrected chi connectivity index (χ3v) is 4.10. The highest BCUT2D eigenvalue weighted by atomic mass is 16.5. The lowest BCUT2D eigenvalue weighted by atomic mass is 10.1. The first-order valence-electron chi connectivity index (χ1n) is 8.52. The summed E-state index contributed by atoms with van der Waals surface area (Å²) in [5.41, 5.74) is 3.64. The summed E-state index contributed by atoms with van der Waals surface area (Å²) >= 11 is 0. The second-order valence-electron chi connectivity index (χ2n) is 6.03. The quantitative estimate of drug-likeness (QED) is 0.457. The number of fused-ring (bicyclic) bond motifs is 1. The summed E-state index contributed by atoms with van der Waals surface area (Å²) in [4.78, 5) is 15.1. The molecule has 0 fully saturated rings. The van der Waals surface area contributed by atoms with E-state index in [-0.39, 0.29) is 5.91 Å². The number of hydrogen-bond donors (Lipinski definition) is 3. The fourth-order valence-electron chi connectivity index (χ4n) is 2.86. The van der Waals surface area contributed by atoms with Crippen LogP contribution in [0.5, 0.6) is 5.75 Å². The summed E-state index contributed by atoms with van der Waals surface area (Å²) in [5, 5.41) is 18.0. The molecule has 0 radical (unpaired) electrons. The van der Waals surface area contributed by atoms with E-state index < -0.39 is 0 Å². The number of rotatable bonds is 6. The Kier molecular flexibility index (Phi) is 4.52. The number of hydrogen-bond acceptors (Lipinski definition) is 5. The van der Waals surface area contributed by atoms with E-state index in [4.69, 9.17) is 4.74 Å². The molecule has 8 nitrogen and oxygen atoms in total. The highest BCUT2D eigenvalue weighted by Gasteiger charge is 2.11. The number of aromatic nitrogens is 5. The van der Waals surface area contributed by atoms with Crippen LogP contribution in [0.25, 0.3) is 33.5 Å². The van der Waals surface area contributed by atoms with Crippen LogP contribution in [0, 0.1) is 0 Å². The van der Waals surface area contributed by atoms with E-state index >= 15 is 0 Å². The number of nitrogens with zero attached hydrogens (tertiary/aromatic N) is 3. The van der Waals surface area contributed by atoms with Crippen LogP contribution < -0.4 is 10.1 Å². The van der Waals surface area contributed by atoms with E-state index in [1.165, 1.54) is 13.3 Å². The SMILES string of the molecule is CC(=O)NCCOc1cccc(-c2n[nH]c3ccc(-c4ncn[nH]4)cc23)c1. The van der Waals surface area contributed by atoms with Crippen LogP contribution in [0.4, 0.5) is 0 Å². The number of ether oxygens (including phenoxy) is 1. The third kappa shape index (κ3) is 3.64. The zero-order chi connectivity index (χ0) is 18.6. The summed E-state index contributed by atoms with van der Waals surface area (Å²) in [6.45, 7) is 2.35. The molecule has 1 amide bonds. The van der Waals surface area contributed by atoms with E-state index in [0.29, 0.717) is 19.0 Å². The maximum Gasteiger partial charge on any atom is 0.216 e. The summed E-state index contributed by atoms with van der Waals surface area (Å²) in [5.74, 6) is 1.36. The van der Waals surface area contributed by atoms with Gasteiger partial charge in [-0.1, -0.05) is 12.1 Å². The molecule has 0 aliphatic heterocycles. The number of amides is 1. The number of benzene rings is 2. The van der Waals surface area contributed by atoms with Crippen molar-refractivity contribution >= 4 is 16.8 Å². The number of carbonyl (C=O) groups is 1. The first-order valence-corrected chi connectivity index (χ1v) is 8.52. The van der Waals surface area contributed by atoms with Gasteiger partial charge < -0.3 is 10.1 Å². The van der Waals surface area contributed by atoms with Crippen molar-refractivity contribution in [3.8, 4) is 28.4 Å². The maximum atomic E-state index is 10.9. The lowest BCUT2D eigenvalue weighted by Gasteiger charge is -2.08. The summed E-state index contributed by atoms with van der Waals surface area (Å²) < 4.78 is 5.71. The average molecular weight is 362 g/mol. The molecule has 4 rings (SSSR count). The Morgan fingerprint density at radius 2 is 2.07 bits per heavy atom. The first kappa shape index (κ1) is 16.8. The maximum absolute atomic E-state index is 10.9. The zero-order valence-electron chi connectivity index (χ0n) is 14.7. The van der Waals surface area contributed by atoms with Gasteiger partial charge in [-0.25, -0.2) is 4.98 Å². The second kappa shape index (κ2) is 7.28. The van der Waals surface area contributed by atoms with Crippen LogP contribution in [-0.2, 0) is 4.79 Å². The van der Waals surface area contributed by atoms with Gasteiger partial charge in [0.2, 0.25) is 5.91 Å². The Bertz CT molecular complexity index is 1070. The van der Waals surface area contributed by atoms with Crippen molar-refractivity contribution in [1.82, 2.24) is 30.7 Å². The standard InChI is InChI=1S/C19H18N6O2/c1-12(26)20-7-8-27-15-4-2-3-13(9-15)18-16-10-14(19-21-11-22-25-19)5-6-17(16)23-24-18/h2-6,9-11H,7-8H2,1H3,(H,20,26)(H,23,24)(H,21,22,25). The Balaban J connectivity index is 1.61. The minimum atomic E-state index is -0.0714. The summed E-state index contributed by atoms with van der Waals surface area (Å²) in [6.07, 6.45) is 1.48. The lowest BCUT2D eigenvalue weighted by molar-refractivity contribution is -0.119. The smallest absolute Gasteiger partial charge is 0.216 e. The third-order valence-electron chi connectivity index (χ3n) is 4.10. The Morgan fingerprint density at radius 1 is 1.15 bits per heavy atom. The van der Waals surface area contributed by atoms with Crippen LogP contribution in [0.2, 0.25) is 0 Å². The van der Waals surface area contributed by atoms with Gasteiger partial charge >= 0.3 is 0 Å². The monoisotopic (exact) mass is 362 g/mol. The largest absolute Gasteiger partial charge is 0.492 e. The van der Waals surface area contributed by atoms with Crippen LogP contribution >= 0.6 is 0 Å². The molecule has 2 aromatic heterocycles. The van der Waals surface area contributed by atoms with Gasteiger partial charge in [-0.3, -0.25) is 15.0 Å². The van der Waals surface area contributed by atoms with Gasteiger partial charge in [0.25, 0.3) is 0 Å². The predicted octanol–water partition coefficient (Wildman–Crippen LogP) is 2.53. The molecule has 27 heavy (non-hydrogen) atoms. The molecule has 2 heterocycles. The van der Waals surface area contributed by atoms with Crippen molar-refractivity contribution in [2.24, 2.45) is 0 Å². The Morgan fingerprint density at radius 3 is 2.89 bits per heavy atom. The number of H-pyrrole nitrogens is 2. The Hall–Kier alpha value is -3.68. The molecule has 4 aromatic rings. The highest BCUT2D eigenvalue weighted by Crippen LogP contribution is 2.31. The summed E-state index contributed by atoms with van der Waals surface area (Å²) in [6, 6.07) is 13.7. The molecule has 8 heteroatoms. The van der Waals surface area contributed by atoms with Crippen LogP contribution in [-0.4, -0.2) is 44.4 Å². The van der Waals surface area contributed by atoms with Crippen molar-refractivity contribution in [1.29, 1.82) is 0 Å². The van der Waals surface area contributed by atoms with Gasteiger partial charge in [0.15, 0.2) is 5.82 Å². The van der Waals surface area contributed by atoms with Crippen molar-refractivity contribution in [3.05, 3.63) is 48.8 Å². The first-order chi connectivity index (χ1) is 13.2. The molecule has 0 bridgehead atoms. The topological polar surface area (TPSA) is 109 Å². The van der Waals surface area contributed by atoms with E-state index in [1.807, 2.05) is 42.5 Å². The van der Waals surface area contributed by atoms with Crippen molar-refractivity contribution in [2.75, 3.05) is 13.2 Å². The highest BCUT2D eigenvalue weighted by molar-refractivity contribution is 5.95. The van der Waals surface area contributed by atoms with Gasteiger partial charge in [-0.05, 0) is 30.3 Å². The van der Waals surface area contributed by atoms with Crippen LogP contribution in [0.15, 0.2) is 48.8 Å². The van der Waals surface area contributed by atoms with E-state index in [1.54, 1.807) is 0 Å². The van der Waals surface area contributed by atoms with Crippen LogP contribution in [0.1, 0.15) is 6.92 Å². The molecule has 3 N–H and O–H groups in total. The van der Waals surface area contributed by atoms with E-state index in [2.05, 4.69) is 30.7 Å². The molecule has 0 aliphatic carbocycles. The number of carbonyl (C=O) groups excluding carboxylic acids is 1. The van der Waals surface area contributed by atoms with E-state index in [0.717, 1.165) is 33.5 Å². The molecule has 2 aromatic carbocycles. The fraction of sp³-hybridized carbons (Fsp3) is 0.158. The van der Waals surface area contributed by atoms with Crippen molar-refractivity contribution in [3.63, 3.8) is 0 Å². The van der Waals surface area contributed by atoms with Gasteiger partial charge in [0.1, 0.15) is 24.4 Å². The minimum Gasteiger partial charge on any atom is -0.492 e. The molecule has 0 saturated heterocycles. The fourth-order valence-corrected chi connectivity index (χ4v) is 2.86. The van der Waals surface area contributed by atoms with E-state index in [9.17, 15) is 4.79 Å². The van der Waals surface area contributed by atoms with Crippen LogP contribution in [0.3, 0.4) is 0 Å². The minimum absolute atomic E-state index is 0.0714. The predicted molar refractivity (Wildman–Crippen MR) is 101 cm³/mol. The van der Waals surface area contributed by atoms with Gasteiger partial charge in [-0.2, -0.15) is 10.2 Å². The normalized spacial score (nSPS) is 10.9. The molecule has 0 unspecified atom stereocenters. The number of nitrogens with one attached hydrogen (secondary N) is 3. The molecule has 0 saturated carbocycles.